The molecule has 1 saturated heterocycles. The summed E-state index contributed by atoms with van der Waals surface area (Å²) in [5.74, 6) is -0.101. The summed E-state index contributed by atoms with van der Waals surface area (Å²) in [7, 11) is 0. The Hall–Kier alpha value is -3.71. The molecule has 4 rings (SSSR count). The minimum atomic E-state index is -0.169. The van der Waals surface area contributed by atoms with Crippen LogP contribution in [0.5, 0.6) is 0 Å². The zero-order chi connectivity index (χ0) is 24.1. The summed E-state index contributed by atoms with van der Waals surface area (Å²) in [5, 5.41) is 13.4. The maximum atomic E-state index is 12.9. The number of carbonyl (C=O) groups is 1. The number of oxime groups is 1. The average Bonchev–Trinajstić information content (AvgIpc) is 2.87. The van der Waals surface area contributed by atoms with E-state index in [4.69, 9.17) is 4.74 Å². The van der Waals surface area contributed by atoms with Crippen molar-refractivity contribution in [2.45, 2.75) is 26.2 Å². The van der Waals surface area contributed by atoms with Crippen molar-refractivity contribution in [3.05, 3.63) is 105 Å². The first-order valence-corrected chi connectivity index (χ1v) is 11.4. The number of hydrogen-bond acceptors (Lipinski definition) is 5. The second-order valence-corrected chi connectivity index (χ2v) is 8.59. The molecule has 0 radical (unpaired) electrons. The molecule has 1 fully saturated rings. The van der Waals surface area contributed by atoms with Gasteiger partial charge in [0.1, 0.15) is 0 Å². The summed E-state index contributed by atoms with van der Waals surface area (Å²) in [6.45, 7) is 6.10. The number of amides is 1. The molecular formula is C27H29N3O4. The van der Waals surface area contributed by atoms with Gasteiger partial charge in [0.25, 0.3) is 11.5 Å². The molecule has 0 spiro atoms. The Labute approximate surface area is 198 Å². The lowest BCUT2D eigenvalue weighted by atomic mass is 9.83. The Morgan fingerprint density at radius 3 is 2.41 bits per heavy atom. The molecule has 0 aliphatic carbocycles. The van der Waals surface area contributed by atoms with Crippen molar-refractivity contribution in [3.8, 4) is 0 Å². The first kappa shape index (κ1) is 23.4. The van der Waals surface area contributed by atoms with Gasteiger partial charge in [-0.3, -0.25) is 9.59 Å². The molecule has 34 heavy (non-hydrogen) atoms. The highest BCUT2D eigenvalue weighted by atomic mass is 16.5. The number of pyridine rings is 1. The average molecular weight is 460 g/mol. The number of hydrogen-bond donors (Lipinski definition) is 2. The SMILES string of the molecule is Cc1ccccc1C(C/C(=N\O)c1c[nH]c(=O)c(C)c1)c1ccc(C(=O)N2CCOCC2)cc1. The van der Waals surface area contributed by atoms with Crippen molar-refractivity contribution in [2.24, 2.45) is 5.16 Å². The second-order valence-electron chi connectivity index (χ2n) is 8.59. The summed E-state index contributed by atoms with van der Waals surface area (Å²) in [5.41, 5.74) is 5.40. The monoisotopic (exact) mass is 459 g/mol. The number of carbonyl (C=O) groups excluding carboxylic acids is 1. The Bertz CT molecular complexity index is 1240. The molecule has 0 saturated carbocycles. The van der Waals surface area contributed by atoms with E-state index in [1.54, 1.807) is 19.2 Å². The normalized spacial score (nSPS) is 15.2. The number of nitrogens with one attached hydrogen (secondary N) is 1. The number of morpholine rings is 1. The van der Waals surface area contributed by atoms with Gasteiger partial charge in [-0.15, -0.1) is 0 Å². The molecule has 1 atom stereocenters. The van der Waals surface area contributed by atoms with E-state index < -0.39 is 0 Å². The van der Waals surface area contributed by atoms with Gasteiger partial charge in [0.05, 0.1) is 18.9 Å². The second kappa shape index (κ2) is 10.5. The van der Waals surface area contributed by atoms with E-state index in [-0.39, 0.29) is 17.4 Å². The number of aromatic nitrogens is 1. The highest BCUT2D eigenvalue weighted by molar-refractivity contribution is 6.01. The van der Waals surface area contributed by atoms with E-state index in [2.05, 4.69) is 29.2 Å². The fraction of sp³-hybridized carbons (Fsp3) is 0.296. The summed E-state index contributed by atoms with van der Waals surface area (Å²) in [6.07, 6.45) is 1.99. The van der Waals surface area contributed by atoms with E-state index in [9.17, 15) is 14.8 Å². The molecular weight excluding hydrogens is 430 g/mol. The number of aryl methyl sites for hydroxylation is 2. The van der Waals surface area contributed by atoms with Crippen LogP contribution in [0.25, 0.3) is 0 Å². The van der Waals surface area contributed by atoms with E-state index >= 15 is 0 Å². The molecule has 1 amide bonds. The van der Waals surface area contributed by atoms with Gasteiger partial charge < -0.3 is 19.8 Å². The molecule has 2 heterocycles. The topological polar surface area (TPSA) is 95.0 Å². The lowest BCUT2D eigenvalue weighted by Gasteiger charge is -2.27. The predicted octanol–water partition coefficient (Wildman–Crippen LogP) is 3.86. The number of ether oxygens (including phenoxy) is 1. The third-order valence-electron chi connectivity index (χ3n) is 6.36. The smallest absolute Gasteiger partial charge is 0.254 e. The van der Waals surface area contributed by atoms with Gasteiger partial charge >= 0.3 is 0 Å². The fourth-order valence-corrected chi connectivity index (χ4v) is 4.37. The van der Waals surface area contributed by atoms with E-state index in [0.717, 1.165) is 16.7 Å². The summed E-state index contributed by atoms with van der Waals surface area (Å²) >= 11 is 0. The third kappa shape index (κ3) is 5.10. The largest absolute Gasteiger partial charge is 0.411 e. The van der Waals surface area contributed by atoms with Crippen molar-refractivity contribution in [2.75, 3.05) is 26.3 Å². The van der Waals surface area contributed by atoms with Crippen LogP contribution in [-0.4, -0.2) is 53.0 Å². The lowest BCUT2D eigenvalue weighted by Crippen LogP contribution is -2.40. The number of aromatic amines is 1. The van der Waals surface area contributed by atoms with Crippen LogP contribution in [0.15, 0.2) is 70.7 Å². The van der Waals surface area contributed by atoms with Crippen molar-refractivity contribution < 1.29 is 14.7 Å². The van der Waals surface area contributed by atoms with Crippen LogP contribution < -0.4 is 5.56 Å². The van der Waals surface area contributed by atoms with Crippen LogP contribution in [0, 0.1) is 13.8 Å². The number of rotatable bonds is 6. The molecule has 2 N–H and O–H groups in total. The van der Waals surface area contributed by atoms with Crippen molar-refractivity contribution in [3.63, 3.8) is 0 Å². The third-order valence-corrected chi connectivity index (χ3v) is 6.36. The fourth-order valence-electron chi connectivity index (χ4n) is 4.37. The standard InChI is InChI=1S/C27H29N3O4/c1-18-5-3-4-6-23(18)24(16-25(29-33)22-15-19(2)26(31)28-17-22)20-7-9-21(10-8-20)27(32)30-11-13-34-14-12-30/h3-10,15,17,24,33H,11-14,16H2,1-2H3,(H,28,31)/b29-25+. The predicted molar refractivity (Wildman–Crippen MR) is 131 cm³/mol. The minimum Gasteiger partial charge on any atom is -0.411 e. The molecule has 2 aromatic carbocycles. The van der Waals surface area contributed by atoms with E-state index in [1.165, 1.54) is 0 Å². The molecule has 0 bridgehead atoms. The van der Waals surface area contributed by atoms with Crippen LogP contribution in [0.3, 0.4) is 0 Å². The maximum absolute atomic E-state index is 12.9. The molecule has 1 aliphatic rings. The van der Waals surface area contributed by atoms with Gasteiger partial charge in [0.15, 0.2) is 0 Å². The Kier molecular flexibility index (Phi) is 7.23. The van der Waals surface area contributed by atoms with Gasteiger partial charge in [-0.05, 0) is 48.7 Å². The van der Waals surface area contributed by atoms with Crippen LogP contribution in [0.1, 0.15) is 50.5 Å². The van der Waals surface area contributed by atoms with Crippen LogP contribution in [0.4, 0.5) is 0 Å². The van der Waals surface area contributed by atoms with Crippen molar-refractivity contribution in [1.82, 2.24) is 9.88 Å². The van der Waals surface area contributed by atoms with Crippen LogP contribution in [0.2, 0.25) is 0 Å². The van der Waals surface area contributed by atoms with E-state index in [0.29, 0.717) is 55.1 Å². The molecule has 176 valence electrons. The molecule has 1 aromatic heterocycles. The summed E-state index contributed by atoms with van der Waals surface area (Å²) in [6, 6.07) is 17.5. The van der Waals surface area contributed by atoms with Crippen LogP contribution in [-0.2, 0) is 4.74 Å². The maximum Gasteiger partial charge on any atom is 0.254 e. The van der Waals surface area contributed by atoms with Gasteiger partial charge in [-0.2, -0.15) is 0 Å². The van der Waals surface area contributed by atoms with Gasteiger partial charge in [0, 0.05) is 48.3 Å². The van der Waals surface area contributed by atoms with Crippen molar-refractivity contribution in [1.29, 1.82) is 0 Å². The molecule has 1 unspecified atom stereocenters. The Balaban J connectivity index is 1.66. The van der Waals surface area contributed by atoms with Gasteiger partial charge in [-0.25, -0.2) is 0 Å². The summed E-state index contributed by atoms with van der Waals surface area (Å²) in [4.78, 5) is 29.2. The number of nitrogens with zero attached hydrogens (tertiary/aromatic N) is 2. The quantitative estimate of drug-likeness (QED) is 0.332. The Morgan fingerprint density at radius 2 is 1.76 bits per heavy atom. The summed E-state index contributed by atoms with van der Waals surface area (Å²) < 4.78 is 5.35. The molecule has 3 aromatic rings. The Morgan fingerprint density at radius 1 is 1.06 bits per heavy atom. The van der Waals surface area contributed by atoms with Gasteiger partial charge in [0.2, 0.25) is 0 Å². The van der Waals surface area contributed by atoms with Crippen LogP contribution >= 0.6 is 0 Å². The zero-order valence-electron chi connectivity index (χ0n) is 19.5. The highest BCUT2D eigenvalue weighted by Gasteiger charge is 2.22. The first-order chi connectivity index (χ1) is 16.5. The number of benzene rings is 2. The van der Waals surface area contributed by atoms with Gasteiger partial charge in [-0.1, -0.05) is 41.6 Å². The molecule has 7 nitrogen and oxygen atoms in total. The minimum absolute atomic E-state index is 0.00335. The number of H-pyrrole nitrogens is 1. The first-order valence-electron chi connectivity index (χ1n) is 11.4. The lowest BCUT2D eigenvalue weighted by molar-refractivity contribution is 0.0303. The van der Waals surface area contributed by atoms with Crippen molar-refractivity contribution >= 4 is 11.6 Å². The molecule has 7 heteroatoms. The van der Waals surface area contributed by atoms with E-state index in [1.807, 2.05) is 41.3 Å². The molecule has 1 aliphatic heterocycles. The zero-order valence-corrected chi connectivity index (χ0v) is 19.5. The highest BCUT2D eigenvalue weighted by Crippen LogP contribution is 2.32.